The van der Waals surface area contributed by atoms with E-state index in [9.17, 15) is 5.11 Å². The van der Waals surface area contributed by atoms with Crippen molar-refractivity contribution >= 4 is 5.69 Å². The van der Waals surface area contributed by atoms with Crippen LogP contribution in [0.2, 0.25) is 0 Å². The number of aryl methyl sites for hydroxylation is 1. The number of nitrogens with zero attached hydrogens (tertiary/aromatic N) is 1. The van der Waals surface area contributed by atoms with Gasteiger partial charge in [0.2, 0.25) is 0 Å². The largest absolute Gasteiger partial charge is 0.508 e. The van der Waals surface area contributed by atoms with Crippen LogP contribution in [0.3, 0.4) is 0 Å². The fourth-order valence-corrected chi connectivity index (χ4v) is 1.85. The minimum Gasteiger partial charge on any atom is -0.508 e. The van der Waals surface area contributed by atoms with Crippen molar-refractivity contribution in [2.24, 2.45) is 0 Å². The van der Waals surface area contributed by atoms with Crippen molar-refractivity contribution in [2.45, 2.75) is 13.3 Å². The Morgan fingerprint density at radius 2 is 2.17 bits per heavy atom. The Morgan fingerprint density at radius 1 is 1.42 bits per heavy atom. The minimum absolute atomic E-state index is 0.375. The predicted molar refractivity (Wildman–Crippen MR) is 49.8 cm³/mol. The van der Waals surface area contributed by atoms with Crippen molar-refractivity contribution in [1.29, 1.82) is 0 Å². The molecule has 12 heavy (non-hydrogen) atoms. The molecule has 2 heteroatoms. The van der Waals surface area contributed by atoms with Crippen LogP contribution in [0.1, 0.15) is 11.1 Å². The second-order valence-corrected chi connectivity index (χ2v) is 3.43. The third-order valence-corrected chi connectivity index (χ3v) is 2.54. The molecule has 0 aliphatic carbocycles. The maximum atomic E-state index is 9.37. The molecule has 0 atom stereocenters. The Morgan fingerprint density at radius 3 is 2.92 bits per heavy atom. The quantitative estimate of drug-likeness (QED) is 0.629. The highest BCUT2D eigenvalue weighted by Gasteiger charge is 2.17. The van der Waals surface area contributed by atoms with Crippen LogP contribution in [0.4, 0.5) is 5.69 Å². The maximum Gasteiger partial charge on any atom is 0.117 e. The highest BCUT2D eigenvalue weighted by Crippen LogP contribution is 2.32. The molecule has 0 unspecified atom stereocenters. The Balaban J connectivity index is 2.60. The van der Waals surface area contributed by atoms with Gasteiger partial charge >= 0.3 is 0 Å². The summed E-state index contributed by atoms with van der Waals surface area (Å²) < 4.78 is 0. The van der Waals surface area contributed by atoms with E-state index in [1.54, 1.807) is 0 Å². The summed E-state index contributed by atoms with van der Waals surface area (Å²) in [6.45, 7) is 3.12. The first kappa shape index (κ1) is 7.47. The topological polar surface area (TPSA) is 23.5 Å². The first-order chi connectivity index (χ1) is 5.68. The average molecular weight is 163 g/mol. The highest BCUT2D eigenvalue weighted by molar-refractivity contribution is 5.63. The lowest BCUT2D eigenvalue weighted by Gasteiger charge is -2.12. The van der Waals surface area contributed by atoms with Gasteiger partial charge in [0.25, 0.3) is 0 Å². The molecule has 2 rings (SSSR count). The van der Waals surface area contributed by atoms with E-state index < -0.39 is 0 Å². The molecule has 1 heterocycles. The molecule has 0 bridgehead atoms. The molecule has 0 spiro atoms. The van der Waals surface area contributed by atoms with Crippen molar-refractivity contribution in [3.05, 3.63) is 23.3 Å². The standard InChI is InChI=1S/C10H13NO/c1-7-5-8(12)6-10-9(7)3-4-11(10)2/h5-6,12H,3-4H2,1-2H3. The molecular weight excluding hydrogens is 150 g/mol. The van der Waals surface area contributed by atoms with Gasteiger partial charge in [-0.1, -0.05) is 0 Å². The zero-order chi connectivity index (χ0) is 8.72. The fourth-order valence-electron chi connectivity index (χ4n) is 1.85. The number of fused-ring (bicyclic) bond motifs is 1. The van der Waals surface area contributed by atoms with Crippen LogP contribution in [0, 0.1) is 6.92 Å². The van der Waals surface area contributed by atoms with Crippen LogP contribution < -0.4 is 4.90 Å². The molecular formula is C10H13NO. The summed E-state index contributed by atoms with van der Waals surface area (Å²) in [4.78, 5) is 2.18. The summed E-state index contributed by atoms with van der Waals surface area (Å²) in [5.41, 5.74) is 3.78. The molecule has 2 nitrogen and oxygen atoms in total. The molecule has 1 aromatic rings. The van der Waals surface area contributed by atoms with Crippen LogP contribution in [0.5, 0.6) is 5.75 Å². The zero-order valence-electron chi connectivity index (χ0n) is 7.46. The molecule has 0 saturated heterocycles. The van der Waals surface area contributed by atoms with E-state index in [4.69, 9.17) is 0 Å². The number of phenolic OH excluding ortho intramolecular Hbond substituents is 1. The number of benzene rings is 1. The summed E-state index contributed by atoms with van der Waals surface area (Å²) in [6, 6.07) is 3.67. The van der Waals surface area contributed by atoms with E-state index in [2.05, 4.69) is 18.9 Å². The molecule has 1 aliphatic heterocycles. The first-order valence-corrected chi connectivity index (χ1v) is 4.22. The Hall–Kier alpha value is -1.18. The van der Waals surface area contributed by atoms with Gasteiger partial charge in [-0.15, -0.1) is 0 Å². The lowest BCUT2D eigenvalue weighted by atomic mass is 10.1. The zero-order valence-corrected chi connectivity index (χ0v) is 7.46. The molecule has 1 N–H and O–H groups in total. The molecule has 1 aliphatic rings. The lowest BCUT2D eigenvalue weighted by Crippen LogP contribution is -2.12. The molecule has 1 aromatic carbocycles. The number of phenols is 1. The smallest absolute Gasteiger partial charge is 0.117 e. The Bertz CT molecular complexity index is 320. The van der Waals surface area contributed by atoms with Gasteiger partial charge in [0.15, 0.2) is 0 Å². The van der Waals surface area contributed by atoms with Gasteiger partial charge in [-0.25, -0.2) is 0 Å². The predicted octanol–water partition coefficient (Wildman–Crippen LogP) is 1.69. The van der Waals surface area contributed by atoms with E-state index in [0.29, 0.717) is 5.75 Å². The van der Waals surface area contributed by atoms with Gasteiger partial charge in [-0.2, -0.15) is 0 Å². The average Bonchev–Trinajstić information content (AvgIpc) is 2.33. The van der Waals surface area contributed by atoms with Gasteiger partial charge in [0.1, 0.15) is 5.75 Å². The van der Waals surface area contributed by atoms with Crippen molar-refractivity contribution in [3.8, 4) is 5.75 Å². The van der Waals surface area contributed by atoms with Crippen molar-refractivity contribution in [2.75, 3.05) is 18.5 Å². The van der Waals surface area contributed by atoms with Crippen molar-refractivity contribution in [3.63, 3.8) is 0 Å². The molecule has 64 valence electrons. The van der Waals surface area contributed by atoms with Crippen molar-refractivity contribution < 1.29 is 5.11 Å². The van der Waals surface area contributed by atoms with Crippen LogP contribution >= 0.6 is 0 Å². The van der Waals surface area contributed by atoms with Crippen LogP contribution in [-0.4, -0.2) is 18.7 Å². The highest BCUT2D eigenvalue weighted by atomic mass is 16.3. The number of rotatable bonds is 0. The SMILES string of the molecule is Cc1cc(O)cc2c1CCN2C. The van der Waals surface area contributed by atoms with Gasteiger partial charge in [-0.3, -0.25) is 0 Å². The summed E-state index contributed by atoms with van der Waals surface area (Å²) >= 11 is 0. The molecule has 0 aromatic heterocycles. The minimum atomic E-state index is 0.375. The van der Waals surface area contributed by atoms with E-state index >= 15 is 0 Å². The number of aromatic hydroxyl groups is 1. The van der Waals surface area contributed by atoms with Gasteiger partial charge in [-0.05, 0) is 30.5 Å². The molecule has 0 radical (unpaired) electrons. The fraction of sp³-hybridized carbons (Fsp3) is 0.400. The van der Waals surface area contributed by atoms with Crippen LogP contribution in [0.15, 0.2) is 12.1 Å². The van der Waals surface area contributed by atoms with Gasteiger partial charge < -0.3 is 10.0 Å². The summed E-state index contributed by atoms with van der Waals surface area (Å²) in [5, 5.41) is 9.37. The maximum absolute atomic E-state index is 9.37. The van der Waals surface area contributed by atoms with Gasteiger partial charge in [0.05, 0.1) is 0 Å². The molecule has 0 fully saturated rings. The summed E-state index contributed by atoms with van der Waals surface area (Å²) in [5.74, 6) is 0.375. The van der Waals surface area contributed by atoms with E-state index in [1.807, 2.05) is 12.1 Å². The van der Waals surface area contributed by atoms with Crippen LogP contribution in [-0.2, 0) is 6.42 Å². The number of likely N-dealkylation sites (N-methyl/N-ethyl adjacent to an activating group) is 1. The summed E-state index contributed by atoms with van der Waals surface area (Å²) in [6.07, 6.45) is 1.11. The number of hydrogen-bond donors (Lipinski definition) is 1. The second kappa shape index (κ2) is 2.41. The third-order valence-electron chi connectivity index (χ3n) is 2.54. The Kier molecular flexibility index (Phi) is 1.50. The van der Waals surface area contributed by atoms with Gasteiger partial charge in [0, 0.05) is 25.3 Å². The van der Waals surface area contributed by atoms with Crippen molar-refractivity contribution in [1.82, 2.24) is 0 Å². The van der Waals surface area contributed by atoms with E-state index in [0.717, 1.165) is 13.0 Å². The normalized spacial score (nSPS) is 15.0. The van der Waals surface area contributed by atoms with E-state index in [-0.39, 0.29) is 0 Å². The summed E-state index contributed by atoms with van der Waals surface area (Å²) in [7, 11) is 2.06. The van der Waals surface area contributed by atoms with E-state index in [1.165, 1.54) is 16.8 Å². The Labute approximate surface area is 72.4 Å². The molecule has 0 amide bonds. The molecule has 0 saturated carbocycles. The monoisotopic (exact) mass is 163 g/mol. The second-order valence-electron chi connectivity index (χ2n) is 3.43. The third kappa shape index (κ3) is 0.951. The lowest BCUT2D eigenvalue weighted by molar-refractivity contribution is 0.475. The number of anilines is 1. The first-order valence-electron chi connectivity index (χ1n) is 4.22. The van der Waals surface area contributed by atoms with Crippen LogP contribution in [0.25, 0.3) is 0 Å². The number of hydrogen-bond acceptors (Lipinski definition) is 2.